The average Bonchev–Trinajstić information content (AvgIpc) is 2.18. The number of aliphatic hydroxyl groups is 1. The van der Waals surface area contributed by atoms with Gasteiger partial charge in [-0.25, -0.2) is 0 Å². The highest BCUT2D eigenvalue weighted by Crippen LogP contribution is 2.16. The van der Waals surface area contributed by atoms with E-state index in [1.54, 1.807) is 6.92 Å². The first-order valence-electron chi connectivity index (χ1n) is 5.93. The van der Waals surface area contributed by atoms with Crippen LogP contribution in [0.1, 0.15) is 45.4 Å². The van der Waals surface area contributed by atoms with Gasteiger partial charge in [-0.3, -0.25) is 4.99 Å². The molecule has 0 spiro atoms. The van der Waals surface area contributed by atoms with Gasteiger partial charge in [0.1, 0.15) is 0 Å². The molecule has 0 aliphatic heterocycles. The summed E-state index contributed by atoms with van der Waals surface area (Å²) < 4.78 is 0. The van der Waals surface area contributed by atoms with Crippen LogP contribution in [0.2, 0.25) is 0 Å². The van der Waals surface area contributed by atoms with Crippen LogP contribution in [0.3, 0.4) is 0 Å². The number of nitrogens with two attached hydrogens (primary N) is 1. The maximum atomic E-state index is 9.06. The van der Waals surface area contributed by atoms with Gasteiger partial charge >= 0.3 is 0 Å². The first-order chi connectivity index (χ1) is 7.18. The van der Waals surface area contributed by atoms with Gasteiger partial charge in [-0.2, -0.15) is 0 Å². The number of aliphatic hydroxyl groups excluding tert-OH is 1. The normalized spacial score (nSPS) is 21.3. The van der Waals surface area contributed by atoms with E-state index < -0.39 is 0 Å². The van der Waals surface area contributed by atoms with Crippen molar-refractivity contribution in [3.8, 4) is 0 Å². The van der Waals surface area contributed by atoms with Crippen molar-refractivity contribution in [1.29, 1.82) is 0 Å². The van der Waals surface area contributed by atoms with Crippen molar-refractivity contribution in [2.75, 3.05) is 6.54 Å². The summed E-state index contributed by atoms with van der Waals surface area (Å²) in [6, 6.07) is 0.508. The highest BCUT2D eigenvalue weighted by molar-refractivity contribution is 5.78. The van der Waals surface area contributed by atoms with Crippen LogP contribution < -0.4 is 11.1 Å². The monoisotopic (exact) mass is 213 g/mol. The molecule has 0 heterocycles. The molecule has 4 N–H and O–H groups in total. The maximum Gasteiger partial charge on any atom is 0.188 e. The third-order valence-corrected chi connectivity index (χ3v) is 2.79. The van der Waals surface area contributed by atoms with Crippen LogP contribution in [-0.2, 0) is 0 Å². The van der Waals surface area contributed by atoms with Crippen LogP contribution in [-0.4, -0.2) is 29.8 Å². The Hall–Kier alpha value is -0.770. The molecule has 1 rings (SSSR count). The van der Waals surface area contributed by atoms with Gasteiger partial charge in [0.2, 0.25) is 0 Å². The SMILES string of the molecule is CC(O)CCN=C(N)NC1CCCCC1. The predicted octanol–water partition coefficient (Wildman–Crippen LogP) is 0.994. The van der Waals surface area contributed by atoms with E-state index >= 15 is 0 Å². The van der Waals surface area contributed by atoms with E-state index in [0.29, 0.717) is 25.0 Å². The van der Waals surface area contributed by atoms with Crippen LogP contribution in [0.4, 0.5) is 0 Å². The van der Waals surface area contributed by atoms with Gasteiger partial charge in [-0.05, 0) is 26.2 Å². The summed E-state index contributed by atoms with van der Waals surface area (Å²) in [4.78, 5) is 4.18. The lowest BCUT2D eigenvalue weighted by Gasteiger charge is -2.23. The number of guanidine groups is 1. The second-order valence-electron chi connectivity index (χ2n) is 4.38. The zero-order chi connectivity index (χ0) is 11.1. The summed E-state index contributed by atoms with van der Waals surface area (Å²) in [6.07, 6.45) is 6.71. The molecule has 0 bridgehead atoms. The Morgan fingerprint density at radius 3 is 2.73 bits per heavy atom. The van der Waals surface area contributed by atoms with Gasteiger partial charge in [-0.15, -0.1) is 0 Å². The van der Waals surface area contributed by atoms with E-state index in [2.05, 4.69) is 10.3 Å². The molecule has 1 unspecified atom stereocenters. The summed E-state index contributed by atoms with van der Waals surface area (Å²) in [6.45, 7) is 2.36. The van der Waals surface area contributed by atoms with Crippen LogP contribution in [0.5, 0.6) is 0 Å². The standard InChI is InChI=1S/C11H23N3O/c1-9(15)7-8-13-11(12)14-10-5-3-2-4-6-10/h9-10,15H,2-8H2,1H3,(H3,12,13,14). The third-order valence-electron chi connectivity index (χ3n) is 2.79. The molecule has 15 heavy (non-hydrogen) atoms. The number of hydrogen-bond donors (Lipinski definition) is 3. The fourth-order valence-corrected chi connectivity index (χ4v) is 1.87. The largest absolute Gasteiger partial charge is 0.393 e. The first-order valence-corrected chi connectivity index (χ1v) is 5.93. The Kier molecular flexibility index (Phi) is 5.47. The third kappa shape index (κ3) is 5.62. The van der Waals surface area contributed by atoms with Crippen molar-refractivity contribution >= 4 is 5.96 Å². The summed E-state index contributed by atoms with van der Waals surface area (Å²) >= 11 is 0. The van der Waals surface area contributed by atoms with Gasteiger partial charge in [0.05, 0.1) is 6.10 Å². The van der Waals surface area contributed by atoms with E-state index in [1.807, 2.05) is 0 Å². The number of nitrogens with one attached hydrogen (secondary N) is 1. The molecular formula is C11H23N3O. The molecule has 0 amide bonds. The molecule has 1 fully saturated rings. The molecule has 0 aromatic carbocycles. The molecule has 0 aromatic rings. The van der Waals surface area contributed by atoms with Gasteiger partial charge in [0, 0.05) is 12.6 Å². The zero-order valence-electron chi connectivity index (χ0n) is 9.58. The molecular weight excluding hydrogens is 190 g/mol. The second kappa shape index (κ2) is 6.67. The summed E-state index contributed by atoms with van der Waals surface area (Å²) in [7, 11) is 0. The predicted molar refractivity (Wildman–Crippen MR) is 62.8 cm³/mol. The average molecular weight is 213 g/mol. The van der Waals surface area contributed by atoms with E-state index in [1.165, 1.54) is 32.1 Å². The quantitative estimate of drug-likeness (QED) is 0.482. The lowest BCUT2D eigenvalue weighted by atomic mass is 9.96. The lowest BCUT2D eigenvalue weighted by Crippen LogP contribution is -2.41. The van der Waals surface area contributed by atoms with E-state index in [4.69, 9.17) is 10.8 Å². The van der Waals surface area contributed by atoms with Crippen molar-refractivity contribution in [1.82, 2.24) is 5.32 Å². The molecule has 4 nitrogen and oxygen atoms in total. The Bertz CT molecular complexity index is 198. The number of rotatable bonds is 4. The van der Waals surface area contributed by atoms with E-state index in [9.17, 15) is 0 Å². The van der Waals surface area contributed by atoms with Crippen molar-refractivity contribution in [3.63, 3.8) is 0 Å². The lowest BCUT2D eigenvalue weighted by molar-refractivity contribution is 0.187. The van der Waals surface area contributed by atoms with Gasteiger partial charge < -0.3 is 16.2 Å². The summed E-state index contributed by atoms with van der Waals surface area (Å²) in [5, 5.41) is 12.3. The fraction of sp³-hybridized carbons (Fsp3) is 0.909. The molecule has 4 heteroatoms. The number of hydrogen-bond acceptors (Lipinski definition) is 2. The highest BCUT2D eigenvalue weighted by Gasteiger charge is 2.12. The highest BCUT2D eigenvalue weighted by atomic mass is 16.3. The minimum Gasteiger partial charge on any atom is -0.393 e. The summed E-state index contributed by atoms with van der Waals surface area (Å²) in [5.74, 6) is 0.530. The van der Waals surface area contributed by atoms with Crippen LogP contribution >= 0.6 is 0 Å². The molecule has 0 aromatic heterocycles. The second-order valence-corrected chi connectivity index (χ2v) is 4.38. The Balaban J connectivity index is 2.18. The van der Waals surface area contributed by atoms with Crippen LogP contribution in [0.25, 0.3) is 0 Å². The van der Waals surface area contributed by atoms with Crippen LogP contribution in [0.15, 0.2) is 4.99 Å². The number of aliphatic imine (C=N–C) groups is 1. The molecule has 88 valence electrons. The van der Waals surface area contributed by atoms with Gasteiger partial charge in [-0.1, -0.05) is 19.3 Å². The Morgan fingerprint density at radius 2 is 2.13 bits per heavy atom. The van der Waals surface area contributed by atoms with E-state index in [0.717, 1.165) is 0 Å². The van der Waals surface area contributed by atoms with E-state index in [-0.39, 0.29) is 6.10 Å². The Labute approximate surface area is 92.0 Å². The summed E-state index contributed by atoms with van der Waals surface area (Å²) in [5.41, 5.74) is 5.75. The number of nitrogens with zero attached hydrogens (tertiary/aromatic N) is 1. The topological polar surface area (TPSA) is 70.6 Å². The first kappa shape index (κ1) is 12.3. The molecule has 0 radical (unpaired) electrons. The molecule has 1 saturated carbocycles. The molecule has 1 aliphatic rings. The molecule has 1 atom stereocenters. The van der Waals surface area contributed by atoms with Crippen molar-refractivity contribution in [3.05, 3.63) is 0 Å². The van der Waals surface area contributed by atoms with Crippen LogP contribution in [0, 0.1) is 0 Å². The zero-order valence-corrected chi connectivity index (χ0v) is 9.58. The molecule has 0 saturated heterocycles. The minimum absolute atomic E-state index is 0.295. The molecule has 1 aliphatic carbocycles. The van der Waals surface area contributed by atoms with Gasteiger partial charge in [0.15, 0.2) is 5.96 Å². The fourth-order valence-electron chi connectivity index (χ4n) is 1.87. The van der Waals surface area contributed by atoms with Gasteiger partial charge in [0.25, 0.3) is 0 Å². The maximum absolute atomic E-state index is 9.06. The van der Waals surface area contributed by atoms with Crippen molar-refractivity contribution in [2.45, 2.75) is 57.6 Å². The Morgan fingerprint density at radius 1 is 1.47 bits per heavy atom. The van der Waals surface area contributed by atoms with Crippen molar-refractivity contribution < 1.29 is 5.11 Å². The minimum atomic E-state index is -0.295. The van der Waals surface area contributed by atoms with Crippen molar-refractivity contribution in [2.24, 2.45) is 10.7 Å². The smallest absolute Gasteiger partial charge is 0.188 e.